The summed E-state index contributed by atoms with van der Waals surface area (Å²) in [6, 6.07) is 3.42. The number of fused-ring (bicyclic) bond motifs is 3. The van der Waals surface area contributed by atoms with Crippen molar-refractivity contribution in [3.8, 4) is 0 Å². The molecule has 0 bridgehead atoms. The van der Waals surface area contributed by atoms with E-state index in [2.05, 4.69) is 0 Å². The lowest BCUT2D eigenvalue weighted by molar-refractivity contribution is -0.255. The third kappa shape index (κ3) is 2.61. The van der Waals surface area contributed by atoms with Crippen LogP contribution in [0.15, 0.2) is 22.8 Å². The molecule has 4 heterocycles. The van der Waals surface area contributed by atoms with Crippen molar-refractivity contribution < 1.29 is 33.2 Å². The molecule has 0 radical (unpaired) electrons. The molecule has 7 nitrogen and oxygen atoms in total. The van der Waals surface area contributed by atoms with Gasteiger partial charge in [-0.2, -0.15) is 0 Å². The number of aliphatic hydroxyl groups is 1. The molecule has 0 spiro atoms. The molecular weight excluding hydrogens is 304 g/mol. The minimum absolute atomic E-state index is 0.389. The Hall–Kier alpha value is -0.960. The van der Waals surface area contributed by atoms with E-state index < -0.39 is 42.3 Å². The van der Waals surface area contributed by atoms with Gasteiger partial charge in [-0.25, -0.2) is 0 Å². The van der Waals surface area contributed by atoms with Crippen molar-refractivity contribution in [1.82, 2.24) is 0 Å². The number of hydrogen-bond acceptors (Lipinski definition) is 7. The maximum atomic E-state index is 10.7. The van der Waals surface area contributed by atoms with E-state index in [4.69, 9.17) is 28.1 Å². The lowest BCUT2D eigenvalue weighted by Gasteiger charge is -2.38. The highest BCUT2D eigenvalue weighted by Gasteiger charge is 2.62. The van der Waals surface area contributed by atoms with Crippen molar-refractivity contribution in [2.24, 2.45) is 0 Å². The summed E-state index contributed by atoms with van der Waals surface area (Å²) in [4.78, 5) is 0. The van der Waals surface area contributed by atoms with Gasteiger partial charge in [0.25, 0.3) is 0 Å². The third-order valence-corrected chi connectivity index (χ3v) is 4.34. The first-order valence-electron chi connectivity index (χ1n) is 7.84. The van der Waals surface area contributed by atoms with Crippen molar-refractivity contribution in [1.29, 1.82) is 0 Å². The van der Waals surface area contributed by atoms with Gasteiger partial charge in [-0.1, -0.05) is 0 Å². The maximum absolute atomic E-state index is 10.7. The monoisotopic (exact) mass is 326 g/mol. The molecule has 0 amide bonds. The molecule has 0 unspecified atom stereocenters. The Kier molecular flexibility index (Phi) is 3.39. The molecule has 1 aromatic rings. The van der Waals surface area contributed by atoms with Gasteiger partial charge in [-0.3, -0.25) is 0 Å². The SMILES string of the molecule is CC1(C)O[C@@H]2[C@H](O1)[C@H]1OC(C)(C)O[C@H]1O[C@@H]2[C@H](O)c1ccco1. The van der Waals surface area contributed by atoms with E-state index in [0.29, 0.717) is 5.76 Å². The van der Waals surface area contributed by atoms with Gasteiger partial charge in [0.1, 0.15) is 36.3 Å². The quantitative estimate of drug-likeness (QED) is 0.886. The second-order valence-electron chi connectivity index (χ2n) is 7.09. The minimum atomic E-state index is -0.983. The highest BCUT2D eigenvalue weighted by Crippen LogP contribution is 2.46. The highest BCUT2D eigenvalue weighted by atomic mass is 16.9. The minimum Gasteiger partial charge on any atom is -0.466 e. The second kappa shape index (κ2) is 5.02. The Morgan fingerprint density at radius 3 is 2.30 bits per heavy atom. The normalized spacial score (nSPS) is 42.2. The zero-order valence-electron chi connectivity index (χ0n) is 13.6. The van der Waals surface area contributed by atoms with Gasteiger partial charge in [0.15, 0.2) is 17.9 Å². The standard InChI is InChI=1S/C16H22O7/c1-15(2)20-11-10(9(17)8-6-5-7-18-8)19-14-13(12(11)21-15)22-16(3,4)23-14/h5-7,9-14,17H,1-4H3/t9-,10-,11+,12+,13-,14-/m1/s1. The van der Waals surface area contributed by atoms with Gasteiger partial charge >= 0.3 is 0 Å². The number of furan rings is 1. The predicted octanol–water partition coefficient (Wildman–Crippen LogP) is 1.71. The summed E-state index contributed by atoms with van der Waals surface area (Å²) in [6.45, 7) is 7.31. The van der Waals surface area contributed by atoms with Gasteiger partial charge < -0.3 is 33.2 Å². The first-order chi connectivity index (χ1) is 10.8. The maximum Gasteiger partial charge on any atom is 0.190 e. The summed E-state index contributed by atoms with van der Waals surface area (Å²) in [5.41, 5.74) is 0. The van der Waals surface area contributed by atoms with Crippen molar-refractivity contribution >= 4 is 0 Å². The van der Waals surface area contributed by atoms with Crippen molar-refractivity contribution in [2.75, 3.05) is 0 Å². The van der Waals surface area contributed by atoms with Crippen molar-refractivity contribution in [3.63, 3.8) is 0 Å². The van der Waals surface area contributed by atoms with Crippen LogP contribution in [0.2, 0.25) is 0 Å². The molecular formula is C16H22O7. The fraction of sp³-hybridized carbons (Fsp3) is 0.750. The zero-order valence-corrected chi connectivity index (χ0v) is 13.6. The molecule has 4 rings (SSSR count). The Bertz CT molecular complexity index is 567. The summed E-state index contributed by atoms with van der Waals surface area (Å²) in [7, 11) is 0. The van der Waals surface area contributed by atoms with E-state index in [1.165, 1.54) is 6.26 Å². The summed E-state index contributed by atoms with van der Waals surface area (Å²) in [6.07, 6.45) is -2.05. The molecule has 3 saturated heterocycles. The molecule has 23 heavy (non-hydrogen) atoms. The van der Waals surface area contributed by atoms with Crippen LogP contribution in [0.3, 0.4) is 0 Å². The van der Waals surface area contributed by atoms with Crippen LogP contribution in [-0.4, -0.2) is 47.4 Å². The Morgan fingerprint density at radius 1 is 0.957 bits per heavy atom. The van der Waals surface area contributed by atoms with Gasteiger partial charge in [0.2, 0.25) is 0 Å². The molecule has 3 fully saturated rings. The van der Waals surface area contributed by atoms with Crippen LogP contribution in [0.1, 0.15) is 39.6 Å². The van der Waals surface area contributed by atoms with Gasteiger partial charge in [0.05, 0.1) is 6.26 Å². The van der Waals surface area contributed by atoms with Gasteiger partial charge in [0, 0.05) is 0 Å². The zero-order chi connectivity index (χ0) is 16.4. The second-order valence-corrected chi connectivity index (χ2v) is 7.09. The van der Waals surface area contributed by atoms with E-state index in [-0.39, 0.29) is 6.10 Å². The average molecular weight is 326 g/mol. The molecule has 128 valence electrons. The summed E-state index contributed by atoms with van der Waals surface area (Å²) in [5, 5.41) is 10.7. The van der Waals surface area contributed by atoms with Crippen LogP contribution in [0, 0.1) is 0 Å². The molecule has 0 saturated carbocycles. The fourth-order valence-corrected chi connectivity index (χ4v) is 3.52. The highest BCUT2D eigenvalue weighted by molar-refractivity contribution is 5.09. The smallest absolute Gasteiger partial charge is 0.190 e. The number of hydrogen-bond donors (Lipinski definition) is 1. The molecule has 1 N–H and O–H groups in total. The lowest BCUT2D eigenvalue weighted by atomic mass is 9.94. The third-order valence-electron chi connectivity index (χ3n) is 4.34. The molecule has 3 aliphatic heterocycles. The summed E-state index contributed by atoms with van der Waals surface area (Å²) >= 11 is 0. The molecule has 3 aliphatic rings. The van der Waals surface area contributed by atoms with Gasteiger partial charge in [-0.15, -0.1) is 0 Å². The first-order valence-corrected chi connectivity index (χ1v) is 7.84. The first kappa shape index (κ1) is 15.6. The molecule has 6 atom stereocenters. The summed E-state index contributed by atoms with van der Waals surface area (Å²) < 4.78 is 35.0. The number of aliphatic hydroxyl groups excluding tert-OH is 1. The Labute approximate surface area is 134 Å². The van der Waals surface area contributed by atoms with Crippen LogP contribution in [0.25, 0.3) is 0 Å². The molecule has 1 aromatic heterocycles. The topological polar surface area (TPSA) is 79.5 Å². The lowest BCUT2D eigenvalue weighted by Crippen LogP contribution is -2.56. The van der Waals surface area contributed by atoms with Crippen LogP contribution < -0.4 is 0 Å². The van der Waals surface area contributed by atoms with E-state index in [9.17, 15) is 5.11 Å². The Morgan fingerprint density at radius 2 is 1.61 bits per heavy atom. The van der Waals surface area contributed by atoms with Crippen molar-refractivity contribution in [3.05, 3.63) is 24.2 Å². The number of ether oxygens (including phenoxy) is 5. The van der Waals surface area contributed by atoms with Crippen LogP contribution >= 0.6 is 0 Å². The van der Waals surface area contributed by atoms with Crippen LogP contribution in [0.5, 0.6) is 0 Å². The van der Waals surface area contributed by atoms with E-state index in [1.807, 2.05) is 27.7 Å². The van der Waals surface area contributed by atoms with Gasteiger partial charge in [-0.05, 0) is 39.8 Å². The Balaban J connectivity index is 1.65. The van der Waals surface area contributed by atoms with E-state index >= 15 is 0 Å². The van der Waals surface area contributed by atoms with E-state index in [0.717, 1.165) is 0 Å². The van der Waals surface area contributed by atoms with E-state index in [1.54, 1.807) is 12.1 Å². The largest absolute Gasteiger partial charge is 0.466 e. The van der Waals surface area contributed by atoms with Crippen molar-refractivity contribution in [2.45, 2.75) is 76.1 Å². The average Bonchev–Trinajstić information content (AvgIpc) is 3.12. The molecule has 7 heteroatoms. The summed E-state index contributed by atoms with van der Waals surface area (Å²) in [5.74, 6) is -1.15. The van der Waals surface area contributed by atoms with Crippen LogP contribution in [-0.2, 0) is 23.7 Å². The predicted molar refractivity (Wildman–Crippen MR) is 76.2 cm³/mol. The van der Waals surface area contributed by atoms with Crippen LogP contribution in [0.4, 0.5) is 0 Å². The molecule has 0 aromatic carbocycles. The number of rotatable bonds is 2. The molecule has 0 aliphatic carbocycles. The fourth-order valence-electron chi connectivity index (χ4n) is 3.52.